The second-order valence-electron chi connectivity index (χ2n) is 5.77. The standard InChI is InChI=1S/C19H19NO4/c21-18(16-10-12-24-17-4-2-1-3-15(16)17)20-11-9-13-5-7-14(8-6-13)19(22)23/h1-8,16H,9-12H2,(H,20,21)(H,22,23). The van der Waals surface area contributed by atoms with Crippen LogP contribution in [0.1, 0.15) is 33.8 Å². The van der Waals surface area contributed by atoms with Gasteiger partial charge < -0.3 is 15.2 Å². The Morgan fingerprint density at radius 3 is 2.62 bits per heavy atom. The smallest absolute Gasteiger partial charge is 0.335 e. The molecule has 3 rings (SSSR count). The van der Waals surface area contributed by atoms with E-state index in [4.69, 9.17) is 9.84 Å². The molecule has 1 aliphatic heterocycles. The van der Waals surface area contributed by atoms with Gasteiger partial charge in [0.25, 0.3) is 0 Å². The minimum absolute atomic E-state index is 0.00732. The Kier molecular flexibility index (Phi) is 4.79. The fraction of sp³-hybridized carbons (Fsp3) is 0.263. The highest BCUT2D eigenvalue weighted by atomic mass is 16.5. The number of hydrogen-bond acceptors (Lipinski definition) is 3. The molecule has 0 saturated carbocycles. The first-order valence-electron chi connectivity index (χ1n) is 7.97. The van der Waals surface area contributed by atoms with Crippen molar-refractivity contribution < 1.29 is 19.4 Å². The number of nitrogens with one attached hydrogen (secondary N) is 1. The number of fused-ring (bicyclic) bond motifs is 1. The number of carbonyl (C=O) groups excluding carboxylic acids is 1. The number of aromatic carboxylic acids is 1. The normalized spacial score (nSPS) is 15.9. The zero-order chi connectivity index (χ0) is 16.9. The SMILES string of the molecule is O=C(O)c1ccc(CCNC(=O)C2CCOc3ccccc32)cc1. The molecular formula is C19H19NO4. The molecule has 5 nitrogen and oxygen atoms in total. The summed E-state index contributed by atoms with van der Waals surface area (Å²) in [5.74, 6) is -0.321. The number of rotatable bonds is 5. The third kappa shape index (κ3) is 3.56. The van der Waals surface area contributed by atoms with E-state index in [1.165, 1.54) is 0 Å². The maximum Gasteiger partial charge on any atom is 0.335 e. The first kappa shape index (κ1) is 16.1. The predicted molar refractivity (Wildman–Crippen MR) is 89.4 cm³/mol. The van der Waals surface area contributed by atoms with Crippen molar-refractivity contribution in [1.29, 1.82) is 0 Å². The van der Waals surface area contributed by atoms with Gasteiger partial charge in [-0.05, 0) is 36.6 Å². The Morgan fingerprint density at radius 1 is 1.12 bits per heavy atom. The van der Waals surface area contributed by atoms with Crippen molar-refractivity contribution in [2.75, 3.05) is 13.2 Å². The third-order valence-corrected chi connectivity index (χ3v) is 4.19. The lowest BCUT2D eigenvalue weighted by Gasteiger charge is -2.25. The summed E-state index contributed by atoms with van der Waals surface area (Å²) in [4.78, 5) is 23.3. The van der Waals surface area contributed by atoms with Gasteiger partial charge in [0.15, 0.2) is 0 Å². The van der Waals surface area contributed by atoms with Crippen LogP contribution in [0.3, 0.4) is 0 Å². The number of carbonyl (C=O) groups is 2. The topological polar surface area (TPSA) is 75.6 Å². The molecule has 0 aliphatic carbocycles. The van der Waals surface area contributed by atoms with Gasteiger partial charge in [0.05, 0.1) is 18.1 Å². The second-order valence-corrected chi connectivity index (χ2v) is 5.77. The van der Waals surface area contributed by atoms with Crippen LogP contribution in [0, 0.1) is 0 Å². The quantitative estimate of drug-likeness (QED) is 0.886. The fourth-order valence-corrected chi connectivity index (χ4v) is 2.88. The molecule has 1 heterocycles. The Balaban J connectivity index is 1.56. The fourth-order valence-electron chi connectivity index (χ4n) is 2.88. The van der Waals surface area contributed by atoms with Gasteiger partial charge >= 0.3 is 5.97 Å². The van der Waals surface area contributed by atoms with Crippen molar-refractivity contribution in [1.82, 2.24) is 5.32 Å². The van der Waals surface area contributed by atoms with Crippen molar-refractivity contribution in [2.24, 2.45) is 0 Å². The molecule has 0 spiro atoms. The van der Waals surface area contributed by atoms with Crippen molar-refractivity contribution in [2.45, 2.75) is 18.8 Å². The average Bonchev–Trinajstić information content (AvgIpc) is 2.61. The molecule has 1 atom stereocenters. The van der Waals surface area contributed by atoms with Gasteiger partial charge in [-0.25, -0.2) is 4.79 Å². The molecule has 0 fully saturated rings. The molecule has 1 unspecified atom stereocenters. The Bertz CT molecular complexity index is 739. The lowest BCUT2D eigenvalue weighted by atomic mass is 9.92. The number of hydrogen-bond donors (Lipinski definition) is 2. The van der Waals surface area contributed by atoms with Gasteiger partial charge in [0.1, 0.15) is 5.75 Å². The molecule has 124 valence electrons. The number of carboxylic acids is 1. The van der Waals surface area contributed by atoms with E-state index in [1.54, 1.807) is 24.3 Å². The van der Waals surface area contributed by atoms with Crippen LogP contribution in [0.15, 0.2) is 48.5 Å². The van der Waals surface area contributed by atoms with Crippen LogP contribution in [0.25, 0.3) is 0 Å². The van der Waals surface area contributed by atoms with E-state index in [0.29, 0.717) is 26.0 Å². The number of benzene rings is 2. The van der Waals surface area contributed by atoms with Crippen molar-refractivity contribution >= 4 is 11.9 Å². The highest BCUT2D eigenvalue weighted by Crippen LogP contribution is 2.33. The summed E-state index contributed by atoms with van der Waals surface area (Å²) in [6.07, 6.45) is 1.34. The van der Waals surface area contributed by atoms with Crippen molar-refractivity contribution in [3.05, 3.63) is 65.2 Å². The van der Waals surface area contributed by atoms with Crippen LogP contribution in [-0.4, -0.2) is 30.1 Å². The minimum Gasteiger partial charge on any atom is -0.493 e. The summed E-state index contributed by atoms with van der Waals surface area (Å²) in [6, 6.07) is 14.3. The molecule has 0 aromatic heterocycles. The van der Waals surface area contributed by atoms with E-state index < -0.39 is 5.97 Å². The van der Waals surface area contributed by atoms with E-state index >= 15 is 0 Å². The molecule has 1 amide bonds. The molecular weight excluding hydrogens is 306 g/mol. The van der Waals surface area contributed by atoms with Gasteiger partial charge in [0, 0.05) is 12.1 Å². The van der Waals surface area contributed by atoms with E-state index in [-0.39, 0.29) is 17.4 Å². The van der Waals surface area contributed by atoms with Crippen LogP contribution < -0.4 is 10.1 Å². The summed E-state index contributed by atoms with van der Waals surface area (Å²) >= 11 is 0. The second kappa shape index (κ2) is 7.17. The summed E-state index contributed by atoms with van der Waals surface area (Å²) in [6.45, 7) is 1.07. The lowest BCUT2D eigenvalue weighted by Crippen LogP contribution is -2.33. The first-order valence-corrected chi connectivity index (χ1v) is 7.97. The van der Waals surface area contributed by atoms with Crippen LogP contribution in [-0.2, 0) is 11.2 Å². The van der Waals surface area contributed by atoms with E-state index in [9.17, 15) is 9.59 Å². The van der Waals surface area contributed by atoms with Crippen LogP contribution in [0.4, 0.5) is 0 Å². The maximum absolute atomic E-state index is 12.5. The van der Waals surface area contributed by atoms with Gasteiger partial charge in [-0.15, -0.1) is 0 Å². The minimum atomic E-state index is -0.937. The van der Waals surface area contributed by atoms with Gasteiger partial charge in [-0.3, -0.25) is 4.79 Å². The molecule has 24 heavy (non-hydrogen) atoms. The highest BCUT2D eigenvalue weighted by molar-refractivity contribution is 5.87. The van der Waals surface area contributed by atoms with Crippen LogP contribution in [0.5, 0.6) is 5.75 Å². The van der Waals surface area contributed by atoms with Gasteiger partial charge in [-0.1, -0.05) is 30.3 Å². The third-order valence-electron chi connectivity index (χ3n) is 4.19. The number of ether oxygens (including phenoxy) is 1. The van der Waals surface area contributed by atoms with E-state index in [2.05, 4.69) is 5.32 Å². The first-order chi connectivity index (χ1) is 11.6. The van der Waals surface area contributed by atoms with E-state index in [1.807, 2.05) is 24.3 Å². The molecule has 2 aromatic rings. The van der Waals surface area contributed by atoms with Crippen molar-refractivity contribution in [3.63, 3.8) is 0 Å². The zero-order valence-corrected chi connectivity index (χ0v) is 13.2. The van der Waals surface area contributed by atoms with Crippen LogP contribution >= 0.6 is 0 Å². The van der Waals surface area contributed by atoms with E-state index in [0.717, 1.165) is 16.9 Å². The number of carboxylic acid groups (broad SMARTS) is 1. The summed E-state index contributed by atoms with van der Waals surface area (Å²) in [5, 5.41) is 11.9. The monoisotopic (exact) mass is 325 g/mol. The number of amides is 1. The molecule has 0 saturated heterocycles. The predicted octanol–water partition coefficient (Wildman–Crippen LogP) is 2.61. The number of para-hydroxylation sites is 1. The van der Waals surface area contributed by atoms with Crippen molar-refractivity contribution in [3.8, 4) is 5.75 Å². The Hall–Kier alpha value is -2.82. The molecule has 0 bridgehead atoms. The lowest BCUT2D eigenvalue weighted by molar-refractivity contribution is -0.123. The Labute approximate surface area is 140 Å². The zero-order valence-electron chi connectivity index (χ0n) is 13.2. The van der Waals surface area contributed by atoms with Crippen LogP contribution in [0.2, 0.25) is 0 Å². The molecule has 2 aromatic carbocycles. The highest BCUT2D eigenvalue weighted by Gasteiger charge is 2.26. The Morgan fingerprint density at radius 2 is 1.88 bits per heavy atom. The molecule has 1 aliphatic rings. The molecule has 2 N–H and O–H groups in total. The summed E-state index contributed by atoms with van der Waals surface area (Å²) in [5.41, 5.74) is 2.20. The molecule has 5 heteroatoms. The molecule has 0 radical (unpaired) electrons. The summed E-state index contributed by atoms with van der Waals surface area (Å²) < 4.78 is 5.58. The maximum atomic E-state index is 12.5. The largest absolute Gasteiger partial charge is 0.493 e. The average molecular weight is 325 g/mol. The summed E-state index contributed by atoms with van der Waals surface area (Å²) in [7, 11) is 0. The van der Waals surface area contributed by atoms with Gasteiger partial charge in [0.2, 0.25) is 5.91 Å². The van der Waals surface area contributed by atoms with Gasteiger partial charge in [-0.2, -0.15) is 0 Å².